The van der Waals surface area contributed by atoms with Crippen LogP contribution in [0.3, 0.4) is 0 Å². The molecule has 0 unspecified atom stereocenters. The lowest BCUT2D eigenvalue weighted by Crippen LogP contribution is -2.17. The van der Waals surface area contributed by atoms with Crippen molar-refractivity contribution in [3.8, 4) is 0 Å². The highest BCUT2D eigenvalue weighted by Crippen LogP contribution is 2.18. The topological polar surface area (TPSA) is 29.3 Å². The highest BCUT2D eigenvalue weighted by Gasteiger charge is 2.12. The second-order valence-corrected chi connectivity index (χ2v) is 4.60. The van der Waals surface area contributed by atoms with E-state index in [1.807, 2.05) is 11.3 Å². The molecule has 0 aromatic carbocycles. The van der Waals surface area contributed by atoms with E-state index in [0.717, 1.165) is 6.54 Å². The maximum Gasteiger partial charge on any atom is 0.0328 e. The van der Waals surface area contributed by atoms with Crippen LogP contribution in [-0.4, -0.2) is 18.0 Å². The van der Waals surface area contributed by atoms with Crippen LogP contribution in [0.1, 0.15) is 23.3 Å². The van der Waals surface area contributed by atoms with Gasteiger partial charge >= 0.3 is 0 Å². The Balaban J connectivity index is 1.92. The van der Waals surface area contributed by atoms with Gasteiger partial charge in [-0.1, -0.05) is 0 Å². The van der Waals surface area contributed by atoms with Gasteiger partial charge in [0.25, 0.3) is 0 Å². The van der Waals surface area contributed by atoms with E-state index in [1.54, 1.807) is 0 Å². The van der Waals surface area contributed by atoms with Crippen LogP contribution < -0.4 is 5.73 Å². The molecule has 1 saturated heterocycles. The number of nitrogens with two attached hydrogens (primary N) is 1. The summed E-state index contributed by atoms with van der Waals surface area (Å²) in [6, 6.07) is 2.24. The molecule has 0 amide bonds. The number of nitrogens with zero attached hydrogens (tertiary/aromatic N) is 1. The number of thiophene rings is 1. The minimum absolute atomic E-state index is 0.677. The fourth-order valence-corrected chi connectivity index (χ4v) is 2.72. The maximum absolute atomic E-state index is 5.56. The van der Waals surface area contributed by atoms with Crippen molar-refractivity contribution in [1.29, 1.82) is 0 Å². The van der Waals surface area contributed by atoms with Crippen molar-refractivity contribution in [2.75, 3.05) is 13.1 Å². The van der Waals surface area contributed by atoms with Gasteiger partial charge in [0.2, 0.25) is 0 Å². The van der Waals surface area contributed by atoms with Crippen LogP contribution in [0.5, 0.6) is 0 Å². The summed E-state index contributed by atoms with van der Waals surface area (Å²) in [6.07, 6.45) is 2.74. The van der Waals surface area contributed by atoms with Crippen molar-refractivity contribution >= 4 is 11.3 Å². The Hall–Kier alpha value is -0.380. The first-order chi connectivity index (χ1) is 6.38. The molecule has 13 heavy (non-hydrogen) atoms. The van der Waals surface area contributed by atoms with Gasteiger partial charge in [-0.25, -0.2) is 0 Å². The van der Waals surface area contributed by atoms with Gasteiger partial charge < -0.3 is 5.73 Å². The SMILES string of the molecule is NCc1csc(CN2CCCC2)c1. The van der Waals surface area contributed by atoms with Crippen molar-refractivity contribution in [2.45, 2.75) is 25.9 Å². The summed E-state index contributed by atoms with van der Waals surface area (Å²) in [6.45, 7) is 4.35. The fraction of sp³-hybridized carbons (Fsp3) is 0.600. The van der Waals surface area contributed by atoms with Crippen molar-refractivity contribution in [2.24, 2.45) is 5.73 Å². The summed E-state index contributed by atoms with van der Waals surface area (Å²) in [5, 5.41) is 2.17. The molecule has 0 bridgehead atoms. The smallest absolute Gasteiger partial charge is 0.0328 e. The molecule has 2 nitrogen and oxygen atoms in total. The molecule has 2 N–H and O–H groups in total. The normalized spacial score (nSPS) is 18.2. The molecule has 72 valence electrons. The molecule has 2 rings (SSSR count). The Kier molecular flexibility index (Phi) is 2.98. The van der Waals surface area contributed by atoms with Gasteiger partial charge in [-0.05, 0) is 42.9 Å². The van der Waals surface area contributed by atoms with Gasteiger partial charge in [0.15, 0.2) is 0 Å². The summed E-state index contributed by atoms with van der Waals surface area (Å²) in [5.41, 5.74) is 6.84. The van der Waals surface area contributed by atoms with Crippen LogP contribution in [0.4, 0.5) is 0 Å². The van der Waals surface area contributed by atoms with E-state index < -0.39 is 0 Å². The lowest BCUT2D eigenvalue weighted by Gasteiger charge is -2.12. The van der Waals surface area contributed by atoms with Crippen LogP contribution in [0.25, 0.3) is 0 Å². The Morgan fingerprint density at radius 3 is 2.77 bits per heavy atom. The summed E-state index contributed by atoms with van der Waals surface area (Å²) in [7, 11) is 0. The molecular formula is C10H16N2S. The highest BCUT2D eigenvalue weighted by atomic mass is 32.1. The summed E-state index contributed by atoms with van der Waals surface area (Å²) in [4.78, 5) is 3.98. The third kappa shape index (κ3) is 2.30. The zero-order valence-electron chi connectivity index (χ0n) is 7.83. The van der Waals surface area contributed by atoms with Gasteiger partial charge in [0, 0.05) is 18.0 Å². The second kappa shape index (κ2) is 4.22. The van der Waals surface area contributed by atoms with Crippen molar-refractivity contribution in [3.63, 3.8) is 0 Å². The molecule has 1 aromatic heterocycles. The van der Waals surface area contributed by atoms with Crippen LogP contribution in [-0.2, 0) is 13.1 Å². The third-order valence-corrected chi connectivity index (χ3v) is 3.49. The monoisotopic (exact) mass is 196 g/mol. The molecule has 0 radical (unpaired) electrons. The average molecular weight is 196 g/mol. The molecule has 0 spiro atoms. The third-order valence-electron chi connectivity index (χ3n) is 2.52. The minimum Gasteiger partial charge on any atom is -0.326 e. The standard InChI is InChI=1S/C10H16N2S/c11-6-9-5-10(13-8-9)7-12-3-1-2-4-12/h5,8H,1-4,6-7,11H2. The Morgan fingerprint density at radius 2 is 2.15 bits per heavy atom. The van der Waals surface area contributed by atoms with Crippen LogP contribution >= 0.6 is 11.3 Å². The van der Waals surface area contributed by atoms with E-state index in [4.69, 9.17) is 5.73 Å². The van der Waals surface area contributed by atoms with Crippen molar-refractivity contribution in [3.05, 3.63) is 21.9 Å². The lowest BCUT2D eigenvalue weighted by molar-refractivity contribution is 0.334. The largest absolute Gasteiger partial charge is 0.326 e. The predicted octanol–water partition coefficient (Wildman–Crippen LogP) is 1.80. The molecular weight excluding hydrogens is 180 g/mol. The quantitative estimate of drug-likeness (QED) is 0.799. The molecule has 1 aliphatic heterocycles. The fourth-order valence-electron chi connectivity index (χ4n) is 1.78. The minimum atomic E-state index is 0.677. The predicted molar refractivity (Wildman–Crippen MR) is 56.7 cm³/mol. The maximum atomic E-state index is 5.56. The molecule has 1 fully saturated rings. The Morgan fingerprint density at radius 1 is 1.38 bits per heavy atom. The van der Waals surface area contributed by atoms with E-state index in [-0.39, 0.29) is 0 Å². The van der Waals surface area contributed by atoms with Crippen LogP contribution in [0, 0.1) is 0 Å². The summed E-state index contributed by atoms with van der Waals surface area (Å²) >= 11 is 1.84. The van der Waals surface area contributed by atoms with E-state index in [2.05, 4.69) is 16.3 Å². The molecule has 0 saturated carbocycles. The van der Waals surface area contributed by atoms with E-state index in [9.17, 15) is 0 Å². The molecule has 0 aliphatic carbocycles. The number of hydrogen-bond donors (Lipinski definition) is 1. The Labute approximate surface area is 83.4 Å². The second-order valence-electron chi connectivity index (χ2n) is 3.61. The molecule has 2 heterocycles. The van der Waals surface area contributed by atoms with Gasteiger partial charge in [-0.2, -0.15) is 0 Å². The van der Waals surface area contributed by atoms with E-state index in [0.29, 0.717) is 6.54 Å². The molecule has 3 heteroatoms. The van der Waals surface area contributed by atoms with Gasteiger partial charge in [-0.3, -0.25) is 4.90 Å². The Bertz CT molecular complexity index is 264. The van der Waals surface area contributed by atoms with E-state index >= 15 is 0 Å². The number of rotatable bonds is 3. The first-order valence-electron chi connectivity index (χ1n) is 4.87. The highest BCUT2D eigenvalue weighted by molar-refractivity contribution is 7.10. The number of likely N-dealkylation sites (tertiary alicyclic amines) is 1. The van der Waals surface area contributed by atoms with Crippen LogP contribution in [0.2, 0.25) is 0 Å². The van der Waals surface area contributed by atoms with Gasteiger partial charge in [0.1, 0.15) is 0 Å². The molecule has 0 atom stereocenters. The van der Waals surface area contributed by atoms with Crippen LogP contribution in [0.15, 0.2) is 11.4 Å². The summed E-state index contributed by atoms with van der Waals surface area (Å²) in [5.74, 6) is 0. The molecule has 1 aromatic rings. The van der Waals surface area contributed by atoms with E-state index in [1.165, 1.54) is 36.4 Å². The zero-order valence-corrected chi connectivity index (χ0v) is 8.65. The van der Waals surface area contributed by atoms with Gasteiger partial charge in [0.05, 0.1) is 0 Å². The summed E-state index contributed by atoms with van der Waals surface area (Å²) < 4.78 is 0. The first kappa shape index (κ1) is 9.19. The van der Waals surface area contributed by atoms with Crippen molar-refractivity contribution in [1.82, 2.24) is 4.90 Å². The zero-order chi connectivity index (χ0) is 9.10. The first-order valence-corrected chi connectivity index (χ1v) is 5.75. The average Bonchev–Trinajstić information content (AvgIpc) is 2.76. The number of hydrogen-bond acceptors (Lipinski definition) is 3. The van der Waals surface area contributed by atoms with Gasteiger partial charge in [-0.15, -0.1) is 11.3 Å². The van der Waals surface area contributed by atoms with Crippen molar-refractivity contribution < 1.29 is 0 Å². The lowest BCUT2D eigenvalue weighted by atomic mass is 10.3. The molecule has 1 aliphatic rings.